The van der Waals surface area contributed by atoms with Crippen LogP contribution >= 0.6 is 0 Å². The highest BCUT2D eigenvalue weighted by Crippen LogP contribution is 2.50. The zero-order valence-corrected chi connectivity index (χ0v) is 11.2. The normalized spacial score (nSPS) is 51.6. The molecule has 2 aliphatic heterocycles. The highest BCUT2D eigenvalue weighted by Gasteiger charge is 2.51. The third-order valence-electron chi connectivity index (χ3n) is 4.47. The van der Waals surface area contributed by atoms with Crippen LogP contribution in [0, 0.1) is 11.8 Å². The molecule has 2 saturated heterocycles. The summed E-state index contributed by atoms with van der Waals surface area (Å²) in [7, 11) is 0. The largest absolute Gasteiger partial charge is 0.394 e. The molecule has 7 heteroatoms. The molecule has 4 N–H and O–H groups in total. The van der Waals surface area contributed by atoms with E-state index in [1.54, 1.807) is 0 Å². The van der Waals surface area contributed by atoms with Gasteiger partial charge < -0.3 is 34.6 Å². The van der Waals surface area contributed by atoms with Crippen LogP contribution in [0.4, 0.5) is 0 Å². The van der Waals surface area contributed by atoms with Gasteiger partial charge in [0.15, 0.2) is 12.6 Å². The third-order valence-corrected chi connectivity index (χ3v) is 4.47. The Morgan fingerprint density at radius 1 is 0.950 bits per heavy atom. The van der Waals surface area contributed by atoms with Crippen molar-refractivity contribution in [3.63, 3.8) is 0 Å². The molecule has 7 nitrogen and oxygen atoms in total. The molecule has 1 aliphatic carbocycles. The minimum atomic E-state index is -1.09. The Hall–Kier alpha value is -0.280. The molecule has 0 amide bonds. The number of hydrogen-bond donors (Lipinski definition) is 4. The summed E-state index contributed by atoms with van der Waals surface area (Å²) in [5.41, 5.74) is 0. The highest BCUT2D eigenvalue weighted by molar-refractivity contribution is 4.96. The van der Waals surface area contributed by atoms with Crippen LogP contribution in [0.1, 0.15) is 19.3 Å². The molecule has 3 fully saturated rings. The lowest BCUT2D eigenvalue weighted by atomic mass is 10.0. The van der Waals surface area contributed by atoms with Gasteiger partial charge in [-0.2, -0.15) is 0 Å². The molecule has 3 aliphatic rings. The van der Waals surface area contributed by atoms with E-state index in [2.05, 4.69) is 0 Å². The van der Waals surface area contributed by atoms with E-state index >= 15 is 0 Å². The first-order valence-corrected chi connectivity index (χ1v) is 7.16. The molecular formula is C13H22O7. The second-order valence-electron chi connectivity index (χ2n) is 5.90. The van der Waals surface area contributed by atoms with Gasteiger partial charge in [0.05, 0.1) is 25.4 Å². The van der Waals surface area contributed by atoms with Crippen molar-refractivity contribution in [1.29, 1.82) is 0 Å². The third kappa shape index (κ3) is 2.85. The molecular weight excluding hydrogens is 268 g/mol. The molecule has 0 spiro atoms. The topological polar surface area (TPSA) is 109 Å². The van der Waals surface area contributed by atoms with Gasteiger partial charge in [0, 0.05) is 12.8 Å². The number of fused-ring (bicyclic) bond motifs is 1. The maximum atomic E-state index is 9.99. The lowest BCUT2D eigenvalue weighted by Crippen LogP contribution is -2.53. The van der Waals surface area contributed by atoms with Crippen LogP contribution in [0.3, 0.4) is 0 Å². The molecule has 1 saturated carbocycles. The van der Waals surface area contributed by atoms with Crippen LogP contribution in [0.25, 0.3) is 0 Å². The fraction of sp³-hybridized carbons (Fsp3) is 1.00. The number of aliphatic hydroxyl groups is 4. The average molecular weight is 290 g/mol. The zero-order valence-electron chi connectivity index (χ0n) is 11.2. The van der Waals surface area contributed by atoms with Crippen molar-refractivity contribution in [2.24, 2.45) is 11.8 Å². The molecule has 8 atom stereocenters. The summed E-state index contributed by atoms with van der Waals surface area (Å²) in [4.78, 5) is 0. The first-order chi connectivity index (χ1) is 9.62. The smallest absolute Gasteiger partial charge is 0.159 e. The van der Waals surface area contributed by atoms with Crippen molar-refractivity contribution in [2.75, 3.05) is 13.2 Å². The fourth-order valence-corrected chi connectivity index (χ4v) is 3.29. The molecule has 0 aromatic heterocycles. The maximum absolute atomic E-state index is 9.99. The molecule has 116 valence electrons. The molecule has 0 bridgehead atoms. The van der Waals surface area contributed by atoms with Crippen LogP contribution in [0.5, 0.6) is 0 Å². The molecule has 0 radical (unpaired) electrons. The number of hydrogen-bond acceptors (Lipinski definition) is 7. The Bertz CT molecular complexity index is 339. The molecule has 20 heavy (non-hydrogen) atoms. The summed E-state index contributed by atoms with van der Waals surface area (Å²) in [6.45, 7) is -0.381. The summed E-state index contributed by atoms with van der Waals surface area (Å²) in [6.07, 6.45) is -2.42. The zero-order chi connectivity index (χ0) is 14.3. The lowest BCUT2D eigenvalue weighted by Gasteiger charge is -2.40. The van der Waals surface area contributed by atoms with Gasteiger partial charge in [-0.15, -0.1) is 0 Å². The first-order valence-electron chi connectivity index (χ1n) is 7.16. The minimum Gasteiger partial charge on any atom is -0.394 e. The highest BCUT2D eigenvalue weighted by atomic mass is 16.7. The second-order valence-corrected chi connectivity index (χ2v) is 5.90. The number of aliphatic hydroxyl groups excluding tert-OH is 4. The van der Waals surface area contributed by atoms with Gasteiger partial charge in [-0.25, -0.2) is 0 Å². The average Bonchev–Trinajstić information content (AvgIpc) is 3.19. The number of rotatable bonds is 4. The Balaban J connectivity index is 1.60. The minimum absolute atomic E-state index is 0.0348. The van der Waals surface area contributed by atoms with Gasteiger partial charge in [-0.05, 0) is 18.3 Å². The van der Waals surface area contributed by atoms with Crippen LogP contribution in [0.15, 0.2) is 0 Å². The van der Waals surface area contributed by atoms with E-state index in [1.165, 1.54) is 0 Å². The van der Waals surface area contributed by atoms with Crippen molar-refractivity contribution in [3.8, 4) is 0 Å². The fourth-order valence-electron chi connectivity index (χ4n) is 3.29. The maximum Gasteiger partial charge on any atom is 0.159 e. The van der Waals surface area contributed by atoms with Gasteiger partial charge >= 0.3 is 0 Å². The van der Waals surface area contributed by atoms with Gasteiger partial charge in [0.2, 0.25) is 0 Å². The monoisotopic (exact) mass is 290 g/mol. The SMILES string of the molecule is OCC1OC(OC2C(O)CC(O)OC2CO)CC2CC21. The van der Waals surface area contributed by atoms with E-state index in [1.807, 2.05) is 0 Å². The van der Waals surface area contributed by atoms with Gasteiger partial charge in [-0.3, -0.25) is 0 Å². The summed E-state index contributed by atoms with van der Waals surface area (Å²) in [6, 6.07) is 0. The molecule has 3 rings (SSSR count). The van der Waals surface area contributed by atoms with E-state index in [9.17, 15) is 20.4 Å². The molecule has 0 aromatic rings. The van der Waals surface area contributed by atoms with Crippen LogP contribution in [-0.4, -0.2) is 70.6 Å². The standard InChI is InChI=1S/C13H22O7/c14-4-9-7-1-6(7)2-12(19-9)20-13-8(16)3-11(17)18-10(13)5-15/h6-17H,1-5H2. The number of ether oxygens (including phenoxy) is 3. The first kappa shape index (κ1) is 14.6. The van der Waals surface area contributed by atoms with Crippen LogP contribution in [0.2, 0.25) is 0 Å². The Morgan fingerprint density at radius 2 is 1.70 bits per heavy atom. The predicted octanol–water partition coefficient (Wildman–Crippen LogP) is -1.42. The summed E-state index contributed by atoms with van der Waals surface area (Å²) >= 11 is 0. The van der Waals surface area contributed by atoms with E-state index in [-0.39, 0.29) is 25.7 Å². The van der Waals surface area contributed by atoms with Crippen molar-refractivity contribution in [2.45, 2.75) is 56.3 Å². The van der Waals surface area contributed by atoms with Crippen LogP contribution < -0.4 is 0 Å². The summed E-state index contributed by atoms with van der Waals surface area (Å²) < 4.78 is 16.6. The molecule has 2 heterocycles. The van der Waals surface area contributed by atoms with E-state index < -0.39 is 30.9 Å². The van der Waals surface area contributed by atoms with Crippen molar-refractivity contribution >= 4 is 0 Å². The Morgan fingerprint density at radius 3 is 2.40 bits per heavy atom. The van der Waals surface area contributed by atoms with Gasteiger partial charge in [0.1, 0.15) is 12.2 Å². The lowest BCUT2D eigenvalue weighted by molar-refractivity contribution is -0.299. The van der Waals surface area contributed by atoms with E-state index in [4.69, 9.17) is 14.2 Å². The quantitative estimate of drug-likeness (QED) is 0.503. The van der Waals surface area contributed by atoms with Gasteiger partial charge in [0.25, 0.3) is 0 Å². The second kappa shape index (κ2) is 5.84. The van der Waals surface area contributed by atoms with Crippen molar-refractivity contribution in [1.82, 2.24) is 0 Å². The van der Waals surface area contributed by atoms with E-state index in [0.29, 0.717) is 11.8 Å². The predicted molar refractivity (Wildman–Crippen MR) is 65.4 cm³/mol. The summed E-state index contributed by atoms with van der Waals surface area (Å²) in [5.74, 6) is 0.925. The van der Waals surface area contributed by atoms with Crippen molar-refractivity contribution in [3.05, 3.63) is 0 Å². The van der Waals surface area contributed by atoms with E-state index in [0.717, 1.165) is 12.8 Å². The van der Waals surface area contributed by atoms with Crippen molar-refractivity contribution < 1.29 is 34.6 Å². The van der Waals surface area contributed by atoms with Crippen LogP contribution in [-0.2, 0) is 14.2 Å². The summed E-state index contributed by atoms with van der Waals surface area (Å²) in [5, 5.41) is 38.0. The Labute approximate surface area is 117 Å². The molecule has 0 aromatic carbocycles. The van der Waals surface area contributed by atoms with Gasteiger partial charge in [-0.1, -0.05) is 0 Å². The Kier molecular flexibility index (Phi) is 4.28. The molecule has 8 unspecified atom stereocenters.